The Hall–Kier alpha value is -2.60. The van der Waals surface area contributed by atoms with Crippen LogP contribution < -0.4 is 10.0 Å². The Morgan fingerprint density at radius 3 is 2.40 bits per heavy atom. The number of aromatic nitrogens is 1. The maximum atomic E-state index is 13.3. The first kappa shape index (κ1) is 30.8. The molecule has 2 fully saturated rings. The van der Waals surface area contributed by atoms with Crippen molar-refractivity contribution in [2.45, 2.75) is 88.2 Å². The molecule has 0 spiro atoms. The second kappa shape index (κ2) is 12.2. The van der Waals surface area contributed by atoms with Crippen molar-refractivity contribution in [2.24, 2.45) is 5.92 Å². The summed E-state index contributed by atoms with van der Waals surface area (Å²) in [5.41, 5.74) is -0.148. The number of oxazole rings is 1. The van der Waals surface area contributed by atoms with Crippen molar-refractivity contribution in [2.75, 3.05) is 18.1 Å². The molecule has 3 aromatic rings. The highest BCUT2D eigenvalue weighted by atomic mass is 32.2. The van der Waals surface area contributed by atoms with Gasteiger partial charge in [0.2, 0.25) is 0 Å². The molecular weight excluding hydrogens is 574 g/mol. The average molecular weight is 616 g/mol. The first-order valence-electron chi connectivity index (χ1n) is 14.7. The number of nitrogens with one attached hydrogen (secondary N) is 2. The van der Waals surface area contributed by atoms with Gasteiger partial charge in [0.1, 0.15) is 11.0 Å². The van der Waals surface area contributed by atoms with E-state index in [1.807, 2.05) is 57.2 Å². The number of nitrogens with zero attached hydrogens (tertiary/aromatic N) is 1. The topological polar surface area (TPSA) is 139 Å². The standard InChI is InChI=1S/C31H41N3O6S2/c1-30(2,3)34-41(37)26-14-13-24(22-11-7-8-12-23(22)26)27-25(19-21-9-5-4-6-10-21)33-29(40-27)28(35)32-20-31(36)15-17-42(38,39)18-16-31/h7-8,11-14,21,34,36H,4-6,9-10,15-20H2,1-3H3,(H,32,35). The predicted molar refractivity (Wildman–Crippen MR) is 164 cm³/mol. The summed E-state index contributed by atoms with van der Waals surface area (Å²) in [6.45, 7) is 5.82. The molecule has 0 bridgehead atoms. The number of aliphatic hydroxyl groups is 1. The Labute approximate surface area is 250 Å². The third kappa shape index (κ3) is 7.30. The molecule has 228 valence electrons. The minimum Gasteiger partial charge on any atom is -0.432 e. The van der Waals surface area contributed by atoms with E-state index < -0.39 is 32.3 Å². The third-order valence-corrected chi connectivity index (χ3v) is 11.4. The molecule has 1 amide bonds. The van der Waals surface area contributed by atoms with E-state index in [2.05, 4.69) is 15.0 Å². The van der Waals surface area contributed by atoms with Crippen molar-refractivity contribution < 1.29 is 26.9 Å². The number of rotatable bonds is 8. The van der Waals surface area contributed by atoms with Crippen LogP contribution in [0, 0.1) is 5.92 Å². The zero-order valence-corrected chi connectivity index (χ0v) is 26.2. The summed E-state index contributed by atoms with van der Waals surface area (Å²) in [4.78, 5) is 18.6. The molecule has 0 radical (unpaired) electrons. The number of fused-ring (bicyclic) bond motifs is 1. The summed E-state index contributed by atoms with van der Waals surface area (Å²) < 4.78 is 46.2. The van der Waals surface area contributed by atoms with Gasteiger partial charge in [-0.3, -0.25) is 4.79 Å². The van der Waals surface area contributed by atoms with Crippen LogP contribution in [0.2, 0.25) is 0 Å². The summed E-state index contributed by atoms with van der Waals surface area (Å²) >= 11 is 0. The smallest absolute Gasteiger partial charge is 0.307 e. The summed E-state index contributed by atoms with van der Waals surface area (Å²) in [6.07, 6.45) is 6.59. The van der Waals surface area contributed by atoms with Crippen molar-refractivity contribution in [3.05, 3.63) is 48.0 Å². The van der Waals surface area contributed by atoms with Gasteiger partial charge in [-0.25, -0.2) is 22.3 Å². The fourth-order valence-electron chi connectivity index (χ4n) is 5.84. The van der Waals surface area contributed by atoms with Crippen molar-refractivity contribution in [3.8, 4) is 11.3 Å². The summed E-state index contributed by atoms with van der Waals surface area (Å²) in [6, 6.07) is 11.5. The molecule has 1 unspecified atom stereocenters. The Kier molecular flexibility index (Phi) is 8.95. The number of hydrogen-bond acceptors (Lipinski definition) is 7. The molecule has 3 N–H and O–H groups in total. The molecule has 1 saturated heterocycles. The number of benzene rings is 2. The van der Waals surface area contributed by atoms with E-state index >= 15 is 0 Å². The van der Waals surface area contributed by atoms with E-state index in [1.54, 1.807) is 0 Å². The van der Waals surface area contributed by atoms with Crippen LogP contribution in [0.1, 0.15) is 82.1 Å². The number of hydrogen-bond donors (Lipinski definition) is 3. The summed E-state index contributed by atoms with van der Waals surface area (Å²) in [7, 11) is -4.60. The Morgan fingerprint density at radius 2 is 1.74 bits per heavy atom. The summed E-state index contributed by atoms with van der Waals surface area (Å²) in [5.74, 6) is 0.113. The van der Waals surface area contributed by atoms with Gasteiger partial charge in [-0.15, -0.1) is 0 Å². The number of amides is 1. The highest BCUT2D eigenvalue weighted by Crippen LogP contribution is 2.37. The van der Waals surface area contributed by atoms with Gasteiger partial charge in [0.25, 0.3) is 5.89 Å². The van der Waals surface area contributed by atoms with Crippen LogP contribution in [0.25, 0.3) is 22.1 Å². The van der Waals surface area contributed by atoms with Gasteiger partial charge in [-0.2, -0.15) is 0 Å². The second-order valence-corrected chi connectivity index (χ2v) is 16.3. The van der Waals surface area contributed by atoms with E-state index in [0.717, 1.165) is 29.2 Å². The van der Waals surface area contributed by atoms with Crippen LogP contribution in [-0.4, -0.2) is 57.8 Å². The van der Waals surface area contributed by atoms with Crippen LogP contribution in [0.5, 0.6) is 0 Å². The van der Waals surface area contributed by atoms with Crippen molar-refractivity contribution in [3.63, 3.8) is 0 Å². The van der Waals surface area contributed by atoms with Gasteiger partial charge in [0.15, 0.2) is 15.6 Å². The van der Waals surface area contributed by atoms with Gasteiger partial charge in [0.05, 0.1) is 27.7 Å². The zero-order chi connectivity index (χ0) is 30.1. The Balaban J connectivity index is 1.48. The van der Waals surface area contributed by atoms with Crippen LogP contribution >= 0.6 is 0 Å². The van der Waals surface area contributed by atoms with Crippen LogP contribution in [-0.2, 0) is 27.2 Å². The molecule has 11 heteroatoms. The molecule has 42 heavy (non-hydrogen) atoms. The minimum absolute atomic E-state index is 0.0726. The molecule has 1 aromatic heterocycles. The number of carbonyl (C=O) groups excluding carboxylic acids is 1. The zero-order valence-electron chi connectivity index (χ0n) is 24.6. The molecule has 2 aliphatic rings. The van der Waals surface area contributed by atoms with Crippen molar-refractivity contribution in [1.29, 1.82) is 0 Å². The van der Waals surface area contributed by atoms with Gasteiger partial charge >= 0.3 is 5.91 Å². The van der Waals surface area contributed by atoms with Crippen LogP contribution in [0.4, 0.5) is 0 Å². The van der Waals surface area contributed by atoms with E-state index in [-0.39, 0.29) is 42.3 Å². The molecule has 9 nitrogen and oxygen atoms in total. The number of sulfone groups is 1. The maximum absolute atomic E-state index is 13.3. The molecule has 1 atom stereocenters. The lowest BCUT2D eigenvalue weighted by Gasteiger charge is -2.31. The van der Waals surface area contributed by atoms with E-state index in [1.165, 1.54) is 19.3 Å². The molecule has 2 heterocycles. The van der Waals surface area contributed by atoms with Gasteiger partial charge in [-0.1, -0.05) is 56.4 Å². The fraction of sp³-hybridized carbons (Fsp3) is 0.548. The molecule has 2 aromatic carbocycles. The van der Waals surface area contributed by atoms with Crippen LogP contribution in [0.15, 0.2) is 45.7 Å². The Bertz CT molecular complexity index is 1570. The molecule has 1 aliphatic carbocycles. The molecule has 1 aliphatic heterocycles. The van der Waals surface area contributed by atoms with E-state index in [4.69, 9.17) is 4.42 Å². The van der Waals surface area contributed by atoms with Gasteiger partial charge < -0.3 is 14.8 Å². The monoisotopic (exact) mass is 615 g/mol. The molecule has 1 saturated carbocycles. The quantitative estimate of drug-likeness (QED) is 0.334. The lowest BCUT2D eigenvalue weighted by Crippen LogP contribution is -2.48. The predicted octanol–water partition coefficient (Wildman–Crippen LogP) is 4.70. The highest BCUT2D eigenvalue weighted by Gasteiger charge is 2.36. The number of carbonyl (C=O) groups is 1. The minimum atomic E-state index is -3.15. The van der Waals surface area contributed by atoms with Crippen LogP contribution in [0.3, 0.4) is 0 Å². The average Bonchev–Trinajstić information content (AvgIpc) is 3.36. The largest absolute Gasteiger partial charge is 0.432 e. The van der Waals surface area contributed by atoms with E-state index in [0.29, 0.717) is 28.7 Å². The van der Waals surface area contributed by atoms with E-state index in [9.17, 15) is 22.5 Å². The van der Waals surface area contributed by atoms with Crippen molar-refractivity contribution >= 4 is 37.5 Å². The SMILES string of the molecule is CC(C)(C)NS(=O)c1ccc(-c2oc(C(=O)NCC3(O)CCS(=O)(=O)CC3)nc2CC2CCCCC2)c2ccccc12. The lowest BCUT2D eigenvalue weighted by atomic mass is 9.85. The Morgan fingerprint density at radius 1 is 1.07 bits per heavy atom. The highest BCUT2D eigenvalue weighted by molar-refractivity contribution is 7.91. The van der Waals surface area contributed by atoms with Gasteiger partial charge in [0, 0.05) is 17.6 Å². The molecule has 5 rings (SSSR count). The van der Waals surface area contributed by atoms with Gasteiger partial charge in [-0.05, 0) is 68.9 Å². The first-order valence-corrected chi connectivity index (χ1v) is 17.7. The first-order chi connectivity index (χ1) is 19.8. The third-order valence-electron chi connectivity index (χ3n) is 8.16. The maximum Gasteiger partial charge on any atom is 0.307 e. The normalized spacial score (nSPS) is 19.9. The molecular formula is C31H41N3O6S2. The second-order valence-electron chi connectivity index (χ2n) is 12.8. The lowest BCUT2D eigenvalue weighted by molar-refractivity contribution is 0.0291. The summed E-state index contributed by atoms with van der Waals surface area (Å²) in [5, 5.41) is 15.3. The van der Waals surface area contributed by atoms with Crippen molar-refractivity contribution in [1.82, 2.24) is 15.0 Å². The fourth-order valence-corrected chi connectivity index (χ4v) is 8.66.